The average Bonchev–Trinajstić information content (AvgIpc) is 2.63. The highest BCUT2D eigenvalue weighted by Crippen LogP contribution is 2.19. The van der Waals surface area contributed by atoms with E-state index >= 15 is 0 Å². The summed E-state index contributed by atoms with van der Waals surface area (Å²) in [5.74, 6) is 1.63. The molecule has 0 aliphatic heterocycles. The van der Waals surface area contributed by atoms with Crippen molar-refractivity contribution in [1.82, 2.24) is 0 Å². The molecule has 0 unspecified atom stereocenters. The van der Waals surface area contributed by atoms with Gasteiger partial charge in [0.25, 0.3) is 10.1 Å². The van der Waals surface area contributed by atoms with Crippen LogP contribution in [0.25, 0.3) is 0 Å². The molecule has 0 spiro atoms. The molecule has 0 bridgehead atoms. The van der Waals surface area contributed by atoms with Crippen LogP contribution in [0.1, 0.15) is 31.2 Å². The first-order valence-corrected chi connectivity index (χ1v) is 10.6. The Hall–Kier alpha value is -2.05. The number of hydrogen-bond acceptors (Lipinski definition) is 5. The van der Waals surface area contributed by atoms with Crippen LogP contribution >= 0.6 is 0 Å². The number of ether oxygens (including phenoxy) is 2. The average molecular weight is 378 g/mol. The van der Waals surface area contributed by atoms with Crippen LogP contribution in [0.3, 0.4) is 0 Å². The molecule has 0 amide bonds. The summed E-state index contributed by atoms with van der Waals surface area (Å²) in [6.45, 7) is 1.44. The highest BCUT2D eigenvalue weighted by molar-refractivity contribution is 7.85. The van der Waals surface area contributed by atoms with Gasteiger partial charge in [0.05, 0.1) is 19.5 Å². The molecule has 2 aromatic rings. The monoisotopic (exact) mass is 378 g/mol. The van der Waals surface area contributed by atoms with Gasteiger partial charge in [-0.1, -0.05) is 36.8 Å². The van der Waals surface area contributed by atoms with Crippen molar-refractivity contribution in [3.63, 3.8) is 0 Å². The summed E-state index contributed by atoms with van der Waals surface area (Å²) in [6.07, 6.45) is 4.63. The lowest BCUT2D eigenvalue weighted by Gasteiger charge is -2.09. The van der Waals surface area contributed by atoms with Crippen molar-refractivity contribution in [3.8, 4) is 11.5 Å². The largest absolute Gasteiger partial charge is 0.494 e. The van der Waals surface area contributed by atoms with Gasteiger partial charge in [-0.2, -0.15) is 8.42 Å². The topological polar surface area (TPSA) is 61.8 Å². The molecule has 142 valence electrons. The molecular weight excluding hydrogens is 352 g/mol. The van der Waals surface area contributed by atoms with Gasteiger partial charge in [0.1, 0.15) is 18.1 Å². The van der Waals surface area contributed by atoms with E-state index in [0.29, 0.717) is 13.2 Å². The van der Waals surface area contributed by atoms with Crippen LogP contribution in [0.15, 0.2) is 54.6 Å². The van der Waals surface area contributed by atoms with Crippen molar-refractivity contribution in [1.29, 1.82) is 0 Å². The van der Waals surface area contributed by atoms with Gasteiger partial charge in [-0.05, 0) is 49.1 Å². The molecule has 0 fully saturated rings. The molecule has 26 heavy (non-hydrogen) atoms. The molecule has 0 saturated carbocycles. The van der Waals surface area contributed by atoms with Crippen LogP contribution in [0.2, 0.25) is 0 Å². The lowest BCUT2D eigenvalue weighted by atomic mass is 10.2. The Kier molecular flexibility index (Phi) is 8.44. The molecule has 0 saturated heterocycles. The summed E-state index contributed by atoms with van der Waals surface area (Å²) in [5, 5.41) is 0. The Morgan fingerprint density at radius 1 is 0.731 bits per heavy atom. The quantitative estimate of drug-likeness (QED) is 0.409. The maximum atomic E-state index is 10.8. The Morgan fingerprint density at radius 3 is 1.92 bits per heavy atom. The van der Waals surface area contributed by atoms with Crippen LogP contribution in [0.4, 0.5) is 0 Å². The number of unbranched alkanes of at least 4 members (excludes halogenated alkanes) is 3. The second-order valence-corrected chi connectivity index (χ2v) is 7.68. The molecule has 5 nitrogen and oxygen atoms in total. The van der Waals surface area contributed by atoms with E-state index in [1.807, 2.05) is 54.6 Å². The molecular formula is C20H26O5S. The number of benzene rings is 2. The second kappa shape index (κ2) is 10.8. The van der Waals surface area contributed by atoms with E-state index in [1.54, 1.807) is 0 Å². The molecule has 0 atom stereocenters. The first-order chi connectivity index (χ1) is 12.5. The van der Waals surface area contributed by atoms with E-state index in [-0.39, 0.29) is 6.61 Å². The van der Waals surface area contributed by atoms with E-state index in [2.05, 4.69) is 0 Å². The third kappa shape index (κ3) is 8.87. The van der Waals surface area contributed by atoms with Crippen LogP contribution in [0, 0.1) is 0 Å². The molecule has 0 radical (unpaired) electrons. The van der Waals surface area contributed by atoms with E-state index in [0.717, 1.165) is 49.0 Å². The fourth-order valence-corrected chi connectivity index (χ4v) is 2.75. The molecule has 0 N–H and O–H groups in total. The fraction of sp³-hybridized carbons (Fsp3) is 0.400. The lowest BCUT2D eigenvalue weighted by molar-refractivity contribution is 0.288. The van der Waals surface area contributed by atoms with Crippen LogP contribution < -0.4 is 9.47 Å². The highest BCUT2D eigenvalue weighted by Gasteiger charge is 2.01. The minimum atomic E-state index is -3.32. The first-order valence-electron chi connectivity index (χ1n) is 8.77. The Labute approximate surface area is 156 Å². The molecule has 0 aliphatic carbocycles. The minimum absolute atomic E-state index is 0.254. The smallest absolute Gasteiger partial charge is 0.264 e. The summed E-state index contributed by atoms with van der Waals surface area (Å²) in [6, 6.07) is 17.7. The summed E-state index contributed by atoms with van der Waals surface area (Å²) in [7, 11) is -3.32. The Bertz CT molecular complexity index is 727. The van der Waals surface area contributed by atoms with E-state index in [9.17, 15) is 8.42 Å². The van der Waals surface area contributed by atoms with Gasteiger partial charge in [0, 0.05) is 0 Å². The number of rotatable bonds is 12. The zero-order valence-corrected chi connectivity index (χ0v) is 15.9. The van der Waals surface area contributed by atoms with Crippen LogP contribution in [-0.4, -0.2) is 27.9 Å². The third-order valence-corrected chi connectivity index (χ3v) is 4.27. The normalized spacial score (nSPS) is 11.3. The van der Waals surface area contributed by atoms with Gasteiger partial charge in [-0.25, -0.2) is 0 Å². The van der Waals surface area contributed by atoms with Gasteiger partial charge < -0.3 is 9.47 Å². The maximum absolute atomic E-state index is 10.8. The standard InChI is InChI=1S/C20H26O5S/c1-26(21,22)25-16-8-3-2-7-15-23-19-11-13-20(14-12-19)24-17-18-9-5-4-6-10-18/h4-6,9-14H,2-3,7-8,15-17H2,1H3. The summed E-state index contributed by atoms with van der Waals surface area (Å²) < 4.78 is 37.8. The van der Waals surface area contributed by atoms with Gasteiger partial charge in [-0.15, -0.1) is 0 Å². The molecule has 0 heterocycles. The summed E-state index contributed by atoms with van der Waals surface area (Å²) in [4.78, 5) is 0. The van der Waals surface area contributed by atoms with Crippen molar-refractivity contribution >= 4 is 10.1 Å². The lowest BCUT2D eigenvalue weighted by Crippen LogP contribution is -2.04. The molecule has 0 aromatic heterocycles. The van der Waals surface area contributed by atoms with Crippen LogP contribution in [-0.2, 0) is 20.9 Å². The zero-order valence-electron chi connectivity index (χ0n) is 15.1. The van der Waals surface area contributed by atoms with Crippen molar-refractivity contribution in [2.75, 3.05) is 19.5 Å². The minimum Gasteiger partial charge on any atom is -0.494 e. The summed E-state index contributed by atoms with van der Waals surface area (Å²) in [5.41, 5.74) is 1.13. The van der Waals surface area contributed by atoms with E-state index < -0.39 is 10.1 Å². The molecule has 2 aromatic carbocycles. The molecule has 0 aliphatic rings. The van der Waals surface area contributed by atoms with Crippen molar-refractivity contribution in [3.05, 3.63) is 60.2 Å². The predicted molar refractivity (Wildman–Crippen MR) is 102 cm³/mol. The molecule has 6 heteroatoms. The highest BCUT2D eigenvalue weighted by atomic mass is 32.2. The predicted octanol–water partition coefficient (Wildman–Crippen LogP) is 4.18. The second-order valence-electron chi connectivity index (χ2n) is 6.03. The third-order valence-electron chi connectivity index (χ3n) is 3.68. The Morgan fingerprint density at radius 2 is 1.31 bits per heavy atom. The Balaban J connectivity index is 1.56. The summed E-state index contributed by atoms with van der Waals surface area (Å²) >= 11 is 0. The fourth-order valence-electron chi connectivity index (χ4n) is 2.33. The first kappa shape index (κ1) is 20.3. The zero-order chi connectivity index (χ0) is 18.7. The van der Waals surface area contributed by atoms with Gasteiger partial charge in [0.15, 0.2) is 0 Å². The maximum Gasteiger partial charge on any atom is 0.264 e. The SMILES string of the molecule is CS(=O)(=O)OCCCCCCOc1ccc(OCc2ccccc2)cc1. The van der Waals surface area contributed by atoms with Crippen molar-refractivity contribution < 1.29 is 22.1 Å². The molecule has 2 rings (SSSR count). The number of hydrogen-bond donors (Lipinski definition) is 0. The van der Waals surface area contributed by atoms with Gasteiger partial charge in [-0.3, -0.25) is 4.18 Å². The van der Waals surface area contributed by atoms with Gasteiger partial charge in [0.2, 0.25) is 0 Å². The van der Waals surface area contributed by atoms with Crippen LogP contribution in [0.5, 0.6) is 11.5 Å². The van der Waals surface area contributed by atoms with Gasteiger partial charge >= 0.3 is 0 Å². The van der Waals surface area contributed by atoms with Crippen molar-refractivity contribution in [2.24, 2.45) is 0 Å². The van der Waals surface area contributed by atoms with E-state index in [4.69, 9.17) is 13.7 Å². The van der Waals surface area contributed by atoms with Crippen molar-refractivity contribution in [2.45, 2.75) is 32.3 Å². The van der Waals surface area contributed by atoms with E-state index in [1.165, 1.54) is 0 Å².